The highest BCUT2D eigenvalue weighted by Gasteiger charge is 2.34. The summed E-state index contributed by atoms with van der Waals surface area (Å²) in [5, 5.41) is 0. The van der Waals surface area contributed by atoms with Crippen LogP contribution in [0.25, 0.3) is 0 Å². The zero-order valence-corrected chi connectivity index (χ0v) is 11.4. The van der Waals surface area contributed by atoms with Crippen LogP contribution in [0, 0.1) is 0 Å². The molecule has 19 heavy (non-hydrogen) atoms. The Bertz CT molecular complexity index is 404. The lowest BCUT2D eigenvalue weighted by Crippen LogP contribution is -2.52. The van der Waals surface area contributed by atoms with E-state index in [0.717, 1.165) is 31.0 Å². The molecular formula is C15H23N3O. The average Bonchev–Trinajstić information content (AvgIpc) is 2.48. The van der Waals surface area contributed by atoms with Gasteiger partial charge in [0.25, 0.3) is 0 Å². The Hall–Kier alpha value is -0.970. The number of hydrogen-bond donors (Lipinski definition) is 1. The summed E-state index contributed by atoms with van der Waals surface area (Å²) in [5.74, 6) is 0. The zero-order valence-electron chi connectivity index (χ0n) is 11.4. The van der Waals surface area contributed by atoms with Crippen molar-refractivity contribution >= 4 is 0 Å². The van der Waals surface area contributed by atoms with Gasteiger partial charge in [-0.25, -0.2) is 0 Å². The topological polar surface area (TPSA) is 51.4 Å². The van der Waals surface area contributed by atoms with Gasteiger partial charge in [-0.3, -0.25) is 9.88 Å². The van der Waals surface area contributed by atoms with Crippen molar-refractivity contribution in [2.75, 3.05) is 13.2 Å². The van der Waals surface area contributed by atoms with E-state index in [1.807, 2.05) is 6.20 Å². The zero-order chi connectivity index (χ0) is 13.1. The molecular weight excluding hydrogens is 238 g/mol. The van der Waals surface area contributed by atoms with Gasteiger partial charge in [-0.2, -0.15) is 0 Å². The molecule has 1 aliphatic carbocycles. The van der Waals surface area contributed by atoms with Gasteiger partial charge in [0, 0.05) is 31.9 Å². The monoisotopic (exact) mass is 261 g/mol. The van der Waals surface area contributed by atoms with Crippen LogP contribution < -0.4 is 5.73 Å². The Kier molecular flexibility index (Phi) is 4.11. The van der Waals surface area contributed by atoms with Gasteiger partial charge in [-0.15, -0.1) is 0 Å². The largest absolute Gasteiger partial charge is 0.375 e. The minimum atomic E-state index is 0.450. The lowest BCUT2D eigenvalue weighted by atomic mass is 9.90. The second-order valence-corrected chi connectivity index (χ2v) is 5.59. The number of fused-ring (bicyclic) bond motifs is 1. The normalized spacial score (nSPS) is 28.1. The van der Waals surface area contributed by atoms with Crippen LogP contribution in [0.2, 0.25) is 0 Å². The Morgan fingerprint density at radius 2 is 2.21 bits per heavy atom. The van der Waals surface area contributed by atoms with Crippen LogP contribution >= 0.6 is 0 Å². The van der Waals surface area contributed by atoms with Crippen LogP contribution in [0.1, 0.15) is 36.9 Å². The first-order valence-electron chi connectivity index (χ1n) is 7.36. The van der Waals surface area contributed by atoms with Gasteiger partial charge in [0.15, 0.2) is 0 Å². The quantitative estimate of drug-likeness (QED) is 0.899. The van der Waals surface area contributed by atoms with Gasteiger partial charge in [-0.05, 0) is 24.5 Å². The fourth-order valence-corrected chi connectivity index (χ4v) is 3.25. The van der Waals surface area contributed by atoms with Crippen LogP contribution in [0.3, 0.4) is 0 Å². The highest BCUT2D eigenvalue weighted by Crippen LogP contribution is 2.29. The summed E-state index contributed by atoms with van der Waals surface area (Å²) < 4.78 is 5.91. The molecule has 1 aliphatic heterocycles. The molecule has 104 valence electrons. The molecule has 2 heterocycles. The third kappa shape index (κ3) is 2.96. The fraction of sp³-hybridized carbons (Fsp3) is 0.667. The summed E-state index contributed by atoms with van der Waals surface area (Å²) in [4.78, 5) is 7.07. The Morgan fingerprint density at radius 3 is 3.00 bits per heavy atom. The van der Waals surface area contributed by atoms with Gasteiger partial charge in [0.05, 0.1) is 18.4 Å². The molecule has 1 saturated carbocycles. The van der Waals surface area contributed by atoms with E-state index >= 15 is 0 Å². The second-order valence-electron chi connectivity index (χ2n) is 5.59. The lowest BCUT2D eigenvalue weighted by Gasteiger charge is -2.43. The van der Waals surface area contributed by atoms with E-state index < -0.39 is 0 Å². The molecule has 2 fully saturated rings. The van der Waals surface area contributed by atoms with E-state index in [2.05, 4.69) is 22.0 Å². The maximum absolute atomic E-state index is 5.91. The van der Waals surface area contributed by atoms with E-state index in [1.165, 1.54) is 25.7 Å². The maximum atomic E-state index is 5.91. The number of nitrogens with zero attached hydrogens (tertiary/aromatic N) is 2. The lowest BCUT2D eigenvalue weighted by molar-refractivity contribution is -0.0914. The summed E-state index contributed by atoms with van der Waals surface area (Å²) in [5.41, 5.74) is 7.85. The summed E-state index contributed by atoms with van der Waals surface area (Å²) >= 11 is 0. The van der Waals surface area contributed by atoms with Crippen molar-refractivity contribution in [3.8, 4) is 0 Å². The van der Waals surface area contributed by atoms with Gasteiger partial charge in [0.2, 0.25) is 0 Å². The molecule has 2 N–H and O–H groups in total. The molecule has 0 spiro atoms. The van der Waals surface area contributed by atoms with Gasteiger partial charge < -0.3 is 10.5 Å². The first kappa shape index (κ1) is 13.0. The molecule has 0 radical (unpaired) electrons. The molecule has 1 saturated heterocycles. The van der Waals surface area contributed by atoms with Gasteiger partial charge in [0.1, 0.15) is 0 Å². The van der Waals surface area contributed by atoms with Gasteiger partial charge >= 0.3 is 0 Å². The first-order chi connectivity index (χ1) is 9.36. The Morgan fingerprint density at radius 1 is 1.32 bits per heavy atom. The Balaban J connectivity index is 1.66. The van der Waals surface area contributed by atoms with Gasteiger partial charge in [-0.1, -0.05) is 18.9 Å². The van der Waals surface area contributed by atoms with E-state index in [-0.39, 0.29) is 0 Å². The number of hydrogen-bond acceptors (Lipinski definition) is 4. The standard InChI is InChI=1S/C15H23N3O/c16-9-12-5-6-13(17-10-12)11-18-7-8-19-15-4-2-1-3-14(15)18/h5-6,10,14-15H,1-4,7-9,11,16H2. The predicted molar refractivity (Wildman–Crippen MR) is 74.5 cm³/mol. The van der Waals surface area contributed by atoms with Crippen LogP contribution in [0.5, 0.6) is 0 Å². The van der Waals surface area contributed by atoms with Crippen molar-refractivity contribution in [2.45, 2.75) is 50.9 Å². The van der Waals surface area contributed by atoms with Crippen molar-refractivity contribution in [1.82, 2.24) is 9.88 Å². The summed E-state index contributed by atoms with van der Waals surface area (Å²) in [6.07, 6.45) is 7.49. The minimum absolute atomic E-state index is 0.450. The van der Waals surface area contributed by atoms with Crippen molar-refractivity contribution in [3.05, 3.63) is 29.6 Å². The van der Waals surface area contributed by atoms with Crippen LogP contribution in [0.15, 0.2) is 18.3 Å². The number of ether oxygens (including phenoxy) is 1. The molecule has 0 aromatic carbocycles. The second kappa shape index (κ2) is 5.99. The number of rotatable bonds is 3. The van der Waals surface area contributed by atoms with Crippen molar-refractivity contribution < 1.29 is 4.74 Å². The third-order valence-corrected chi connectivity index (χ3v) is 4.33. The molecule has 2 unspecified atom stereocenters. The predicted octanol–water partition coefficient (Wildman–Crippen LogP) is 1.68. The Labute approximate surface area is 115 Å². The van der Waals surface area contributed by atoms with Crippen LogP contribution in [-0.2, 0) is 17.8 Å². The average molecular weight is 261 g/mol. The maximum Gasteiger partial charge on any atom is 0.0731 e. The molecule has 2 aliphatic rings. The van der Waals surface area contributed by atoms with E-state index in [1.54, 1.807) is 0 Å². The van der Waals surface area contributed by atoms with E-state index in [4.69, 9.17) is 10.5 Å². The van der Waals surface area contributed by atoms with E-state index in [9.17, 15) is 0 Å². The fourth-order valence-electron chi connectivity index (χ4n) is 3.25. The van der Waals surface area contributed by atoms with Crippen LogP contribution in [-0.4, -0.2) is 35.2 Å². The molecule has 0 amide bonds. The molecule has 4 heteroatoms. The summed E-state index contributed by atoms with van der Waals surface area (Å²) in [7, 11) is 0. The van der Waals surface area contributed by atoms with Crippen LogP contribution in [0.4, 0.5) is 0 Å². The molecule has 2 atom stereocenters. The minimum Gasteiger partial charge on any atom is -0.375 e. The molecule has 0 bridgehead atoms. The molecule has 1 aromatic rings. The number of nitrogens with two attached hydrogens (primary N) is 1. The molecule has 1 aromatic heterocycles. The van der Waals surface area contributed by atoms with Crippen molar-refractivity contribution in [2.24, 2.45) is 5.73 Å². The number of pyridine rings is 1. The van der Waals surface area contributed by atoms with E-state index in [0.29, 0.717) is 18.7 Å². The smallest absolute Gasteiger partial charge is 0.0731 e. The highest BCUT2D eigenvalue weighted by atomic mass is 16.5. The third-order valence-electron chi connectivity index (χ3n) is 4.33. The number of aromatic nitrogens is 1. The SMILES string of the molecule is NCc1ccc(CN2CCOC3CCCCC32)nc1. The number of morpholine rings is 1. The summed E-state index contributed by atoms with van der Waals surface area (Å²) in [6, 6.07) is 4.79. The summed E-state index contributed by atoms with van der Waals surface area (Å²) in [6.45, 7) is 3.40. The highest BCUT2D eigenvalue weighted by molar-refractivity contribution is 5.14. The first-order valence-corrected chi connectivity index (χ1v) is 7.36. The molecule has 3 rings (SSSR count). The van der Waals surface area contributed by atoms with Crippen molar-refractivity contribution in [1.29, 1.82) is 0 Å². The molecule has 4 nitrogen and oxygen atoms in total. The van der Waals surface area contributed by atoms with Crippen molar-refractivity contribution in [3.63, 3.8) is 0 Å².